The molecule has 2 heterocycles. The predicted molar refractivity (Wildman–Crippen MR) is 42.2 cm³/mol. The van der Waals surface area contributed by atoms with Crippen molar-refractivity contribution in [1.82, 2.24) is 10.2 Å². The fourth-order valence-electron chi connectivity index (χ4n) is 1.99. The van der Waals surface area contributed by atoms with Crippen LogP contribution >= 0.6 is 0 Å². The summed E-state index contributed by atoms with van der Waals surface area (Å²) in [5.74, 6) is 0.291. The lowest BCUT2D eigenvalue weighted by Gasteiger charge is -2.33. The second-order valence-electron chi connectivity index (χ2n) is 3.46. The predicted octanol–water partition coefficient (Wildman–Crippen LogP) is -0.0309. The van der Waals surface area contributed by atoms with Gasteiger partial charge in [0.15, 0.2) is 0 Å². The molecule has 2 saturated heterocycles. The highest BCUT2D eigenvalue weighted by atomic mass is 16.2. The minimum absolute atomic E-state index is 0.0457. The van der Waals surface area contributed by atoms with Gasteiger partial charge in [-0.1, -0.05) is 0 Å². The smallest absolute Gasteiger partial charge is 0.239 e. The van der Waals surface area contributed by atoms with Gasteiger partial charge in [-0.05, 0) is 19.8 Å². The fourth-order valence-corrected chi connectivity index (χ4v) is 1.99. The number of nitrogens with one attached hydrogen (secondary N) is 1. The molecule has 0 radical (unpaired) electrons. The summed E-state index contributed by atoms with van der Waals surface area (Å²) in [7, 11) is 0. The Bertz CT molecular complexity index is 181. The largest absolute Gasteiger partial charge is 0.337 e. The average Bonchev–Trinajstić information content (AvgIpc) is 2.45. The lowest BCUT2D eigenvalue weighted by atomic mass is 10.1. The third-order valence-electron chi connectivity index (χ3n) is 2.69. The first-order chi connectivity index (χ1) is 5.29. The Morgan fingerprint density at radius 3 is 3.27 bits per heavy atom. The van der Waals surface area contributed by atoms with Crippen LogP contribution in [0.2, 0.25) is 0 Å². The molecule has 1 N–H and O–H groups in total. The van der Waals surface area contributed by atoms with Gasteiger partial charge in [0.25, 0.3) is 0 Å². The first-order valence-corrected chi connectivity index (χ1v) is 4.33. The summed E-state index contributed by atoms with van der Waals surface area (Å²) >= 11 is 0. The normalized spacial score (nSPS) is 37.5. The molecule has 3 heteroatoms. The number of carbonyl (C=O) groups is 1. The highest BCUT2D eigenvalue weighted by molar-refractivity contribution is 5.82. The topological polar surface area (TPSA) is 32.3 Å². The summed E-state index contributed by atoms with van der Waals surface area (Å²) in [6.45, 7) is 3.92. The Hall–Kier alpha value is -0.570. The van der Waals surface area contributed by atoms with Crippen molar-refractivity contribution in [3.8, 4) is 0 Å². The maximum Gasteiger partial charge on any atom is 0.239 e. The Balaban J connectivity index is 2.12. The Morgan fingerprint density at radius 1 is 1.64 bits per heavy atom. The van der Waals surface area contributed by atoms with Crippen LogP contribution in [0.1, 0.15) is 19.8 Å². The van der Waals surface area contributed by atoms with Crippen LogP contribution in [0.3, 0.4) is 0 Å². The quantitative estimate of drug-likeness (QED) is 0.531. The van der Waals surface area contributed by atoms with Crippen molar-refractivity contribution in [2.75, 3.05) is 13.1 Å². The maximum atomic E-state index is 11.5. The fraction of sp³-hybridized carbons (Fsp3) is 0.875. The van der Waals surface area contributed by atoms with Crippen LogP contribution in [-0.4, -0.2) is 36.0 Å². The van der Waals surface area contributed by atoms with E-state index in [0.29, 0.717) is 11.9 Å². The minimum atomic E-state index is 0.0457. The van der Waals surface area contributed by atoms with Crippen LogP contribution in [0.5, 0.6) is 0 Å². The second kappa shape index (κ2) is 2.48. The number of amides is 1. The molecule has 0 aromatic heterocycles. The van der Waals surface area contributed by atoms with Gasteiger partial charge < -0.3 is 10.2 Å². The molecule has 2 aliphatic rings. The van der Waals surface area contributed by atoms with Crippen LogP contribution < -0.4 is 5.32 Å². The molecular weight excluding hydrogens is 140 g/mol. The number of rotatable bonds is 0. The lowest BCUT2D eigenvalue weighted by Crippen LogP contribution is -2.56. The maximum absolute atomic E-state index is 11.5. The van der Waals surface area contributed by atoms with E-state index in [9.17, 15) is 4.79 Å². The van der Waals surface area contributed by atoms with Crippen molar-refractivity contribution in [1.29, 1.82) is 0 Å². The number of hydrogen-bond acceptors (Lipinski definition) is 2. The lowest BCUT2D eigenvalue weighted by molar-refractivity contribution is -0.136. The third-order valence-corrected chi connectivity index (χ3v) is 2.69. The van der Waals surface area contributed by atoms with Gasteiger partial charge in [-0.15, -0.1) is 0 Å². The van der Waals surface area contributed by atoms with E-state index in [4.69, 9.17) is 0 Å². The number of hydrogen-bond donors (Lipinski definition) is 1. The summed E-state index contributed by atoms with van der Waals surface area (Å²) in [5, 5.41) is 3.21. The first kappa shape index (κ1) is 7.10. The van der Waals surface area contributed by atoms with Crippen molar-refractivity contribution in [2.45, 2.75) is 31.8 Å². The monoisotopic (exact) mass is 154 g/mol. The molecule has 0 unspecified atom stereocenters. The zero-order valence-corrected chi connectivity index (χ0v) is 6.84. The highest BCUT2D eigenvalue weighted by Gasteiger charge is 2.35. The average molecular weight is 154 g/mol. The summed E-state index contributed by atoms with van der Waals surface area (Å²) in [5.41, 5.74) is 0. The Kier molecular flexibility index (Phi) is 1.60. The Morgan fingerprint density at radius 2 is 2.45 bits per heavy atom. The van der Waals surface area contributed by atoms with E-state index in [0.717, 1.165) is 13.1 Å². The number of nitrogens with zero attached hydrogens (tertiary/aromatic N) is 1. The zero-order valence-electron chi connectivity index (χ0n) is 6.84. The van der Waals surface area contributed by atoms with Crippen molar-refractivity contribution in [3.63, 3.8) is 0 Å². The summed E-state index contributed by atoms with van der Waals surface area (Å²) in [4.78, 5) is 13.5. The van der Waals surface area contributed by atoms with Crippen LogP contribution in [0.15, 0.2) is 0 Å². The molecule has 0 bridgehead atoms. The first-order valence-electron chi connectivity index (χ1n) is 4.33. The zero-order chi connectivity index (χ0) is 7.84. The van der Waals surface area contributed by atoms with Crippen LogP contribution in [0.4, 0.5) is 0 Å². The molecule has 2 aliphatic heterocycles. The molecule has 11 heavy (non-hydrogen) atoms. The van der Waals surface area contributed by atoms with Gasteiger partial charge >= 0.3 is 0 Å². The van der Waals surface area contributed by atoms with E-state index in [2.05, 4.69) is 5.32 Å². The van der Waals surface area contributed by atoms with Crippen molar-refractivity contribution >= 4 is 5.91 Å². The highest BCUT2D eigenvalue weighted by Crippen LogP contribution is 2.20. The van der Waals surface area contributed by atoms with Gasteiger partial charge in [0.2, 0.25) is 5.91 Å². The molecule has 2 atom stereocenters. The van der Waals surface area contributed by atoms with E-state index in [1.165, 1.54) is 12.8 Å². The summed E-state index contributed by atoms with van der Waals surface area (Å²) < 4.78 is 0. The molecule has 3 nitrogen and oxygen atoms in total. The van der Waals surface area contributed by atoms with Crippen molar-refractivity contribution in [2.24, 2.45) is 0 Å². The summed E-state index contributed by atoms with van der Waals surface area (Å²) in [6.07, 6.45) is 2.37. The SMILES string of the molecule is C[C@@H]1NC[C@@H]2CCCN2C1=O. The van der Waals surface area contributed by atoms with E-state index in [1.807, 2.05) is 11.8 Å². The molecule has 0 spiro atoms. The Labute approximate surface area is 66.8 Å². The van der Waals surface area contributed by atoms with Gasteiger partial charge in [0, 0.05) is 19.1 Å². The van der Waals surface area contributed by atoms with E-state index < -0.39 is 0 Å². The van der Waals surface area contributed by atoms with Crippen molar-refractivity contribution < 1.29 is 4.79 Å². The van der Waals surface area contributed by atoms with Gasteiger partial charge in [-0.3, -0.25) is 4.79 Å². The molecule has 0 saturated carbocycles. The van der Waals surface area contributed by atoms with Gasteiger partial charge in [0.1, 0.15) is 0 Å². The van der Waals surface area contributed by atoms with Crippen LogP contribution in [0.25, 0.3) is 0 Å². The van der Waals surface area contributed by atoms with Gasteiger partial charge in [-0.25, -0.2) is 0 Å². The van der Waals surface area contributed by atoms with Gasteiger partial charge in [0.05, 0.1) is 6.04 Å². The van der Waals surface area contributed by atoms with Crippen LogP contribution in [0, 0.1) is 0 Å². The number of piperazine rings is 1. The number of carbonyl (C=O) groups excluding carboxylic acids is 1. The standard InChI is InChI=1S/C8H14N2O/c1-6-8(11)10-4-2-3-7(10)5-9-6/h6-7,9H,2-5H2,1H3/t6-,7-/m0/s1. The molecule has 1 amide bonds. The third kappa shape index (κ3) is 1.03. The van der Waals surface area contributed by atoms with E-state index in [-0.39, 0.29) is 6.04 Å². The molecule has 62 valence electrons. The van der Waals surface area contributed by atoms with E-state index in [1.54, 1.807) is 0 Å². The molecule has 2 rings (SSSR count). The molecule has 0 aliphatic carbocycles. The summed E-state index contributed by atoms with van der Waals surface area (Å²) in [6, 6.07) is 0.544. The van der Waals surface area contributed by atoms with Crippen molar-refractivity contribution in [3.05, 3.63) is 0 Å². The van der Waals surface area contributed by atoms with Crippen LogP contribution in [-0.2, 0) is 4.79 Å². The molecular formula is C8H14N2O. The minimum Gasteiger partial charge on any atom is -0.337 e. The molecule has 0 aromatic rings. The van der Waals surface area contributed by atoms with Gasteiger partial charge in [-0.2, -0.15) is 0 Å². The second-order valence-corrected chi connectivity index (χ2v) is 3.46. The molecule has 0 aromatic carbocycles. The van der Waals surface area contributed by atoms with E-state index >= 15 is 0 Å². The number of fused-ring (bicyclic) bond motifs is 1. The molecule has 2 fully saturated rings.